The number of amides is 1. The molecule has 2 aromatic rings. The highest BCUT2D eigenvalue weighted by atomic mass is 35.5. The minimum absolute atomic E-state index is 0.0827. The SMILES string of the molecule is COCCN(Cc1ccsc1)C(=O)C(C)(C)Oc1ccc(Cl)cc1. The van der Waals surface area contributed by atoms with Gasteiger partial charge in [0.2, 0.25) is 0 Å². The van der Waals surface area contributed by atoms with Crippen LogP contribution >= 0.6 is 22.9 Å². The Hall–Kier alpha value is -1.56. The lowest BCUT2D eigenvalue weighted by molar-refractivity contribution is -0.146. The van der Waals surface area contributed by atoms with Crippen molar-refractivity contribution in [3.63, 3.8) is 0 Å². The van der Waals surface area contributed by atoms with Gasteiger partial charge in [-0.1, -0.05) is 11.6 Å². The maximum Gasteiger partial charge on any atom is 0.266 e. The van der Waals surface area contributed by atoms with E-state index in [9.17, 15) is 4.79 Å². The molecule has 0 saturated heterocycles. The minimum Gasteiger partial charge on any atom is -0.478 e. The maximum absolute atomic E-state index is 13.0. The third-order valence-corrected chi connectivity index (χ3v) is 4.49. The minimum atomic E-state index is -0.988. The molecule has 0 unspecified atom stereocenters. The molecule has 0 bridgehead atoms. The Balaban J connectivity index is 2.11. The molecule has 1 amide bonds. The number of hydrogen-bond acceptors (Lipinski definition) is 4. The topological polar surface area (TPSA) is 38.8 Å². The summed E-state index contributed by atoms with van der Waals surface area (Å²) in [5.74, 6) is 0.528. The number of hydrogen-bond donors (Lipinski definition) is 0. The van der Waals surface area contributed by atoms with Crippen molar-refractivity contribution in [1.29, 1.82) is 0 Å². The summed E-state index contributed by atoms with van der Waals surface area (Å²) in [4.78, 5) is 14.8. The second-order valence-electron chi connectivity index (χ2n) is 5.92. The Bertz CT molecular complexity index is 641. The molecule has 0 aliphatic carbocycles. The fourth-order valence-corrected chi connectivity index (χ4v) is 3.06. The molecule has 1 aromatic heterocycles. The first-order valence-electron chi connectivity index (χ1n) is 7.66. The first-order valence-corrected chi connectivity index (χ1v) is 8.98. The van der Waals surface area contributed by atoms with E-state index in [-0.39, 0.29) is 5.91 Å². The average Bonchev–Trinajstić information content (AvgIpc) is 3.06. The lowest BCUT2D eigenvalue weighted by Crippen LogP contribution is -2.49. The lowest BCUT2D eigenvalue weighted by Gasteiger charge is -2.32. The number of methoxy groups -OCH3 is 1. The third-order valence-electron chi connectivity index (χ3n) is 3.51. The summed E-state index contributed by atoms with van der Waals surface area (Å²) in [5, 5.41) is 4.68. The molecule has 0 spiro atoms. The highest BCUT2D eigenvalue weighted by Crippen LogP contribution is 2.23. The Labute approximate surface area is 152 Å². The molecular weight excluding hydrogens is 346 g/mol. The number of halogens is 1. The van der Waals surface area contributed by atoms with Gasteiger partial charge >= 0.3 is 0 Å². The van der Waals surface area contributed by atoms with Gasteiger partial charge in [-0.05, 0) is 60.5 Å². The highest BCUT2D eigenvalue weighted by molar-refractivity contribution is 7.07. The van der Waals surface area contributed by atoms with E-state index in [0.717, 1.165) is 5.56 Å². The number of nitrogens with zero attached hydrogens (tertiary/aromatic N) is 1. The Morgan fingerprint density at radius 3 is 2.54 bits per heavy atom. The molecule has 0 aliphatic rings. The van der Waals surface area contributed by atoms with E-state index in [0.29, 0.717) is 30.5 Å². The molecule has 0 aliphatic heterocycles. The number of carbonyl (C=O) groups excluding carboxylic acids is 1. The normalized spacial score (nSPS) is 11.3. The first-order chi connectivity index (χ1) is 11.4. The van der Waals surface area contributed by atoms with E-state index in [1.54, 1.807) is 61.5 Å². The van der Waals surface area contributed by atoms with E-state index in [4.69, 9.17) is 21.1 Å². The van der Waals surface area contributed by atoms with Gasteiger partial charge in [-0.3, -0.25) is 4.79 Å². The zero-order chi connectivity index (χ0) is 17.6. The molecule has 0 saturated carbocycles. The molecule has 0 atom stereocenters. The van der Waals surface area contributed by atoms with Gasteiger partial charge < -0.3 is 14.4 Å². The van der Waals surface area contributed by atoms with Gasteiger partial charge in [0, 0.05) is 25.2 Å². The molecule has 0 fully saturated rings. The van der Waals surface area contributed by atoms with E-state index in [1.807, 2.05) is 16.8 Å². The van der Waals surface area contributed by atoms with Crippen molar-refractivity contribution in [3.8, 4) is 5.75 Å². The van der Waals surface area contributed by atoms with Gasteiger partial charge in [-0.15, -0.1) is 0 Å². The van der Waals surface area contributed by atoms with Gasteiger partial charge in [-0.2, -0.15) is 11.3 Å². The molecule has 24 heavy (non-hydrogen) atoms. The van der Waals surface area contributed by atoms with Crippen molar-refractivity contribution < 1.29 is 14.3 Å². The van der Waals surface area contributed by atoms with Crippen molar-refractivity contribution >= 4 is 28.8 Å². The van der Waals surface area contributed by atoms with Crippen molar-refractivity contribution in [2.75, 3.05) is 20.3 Å². The molecule has 6 heteroatoms. The Morgan fingerprint density at radius 2 is 1.96 bits per heavy atom. The van der Waals surface area contributed by atoms with Crippen LogP contribution in [-0.2, 0) is 16.1 Å². The Kier molecular flexibility index (Phi) is 6.66. The summed E-state index contributed by atoms with van der Waals surface area (Å²) in [6.45, 7) is 5.08. The molecule has 130 valence electrons. The summed E-state index contributed by atoms with van der Waals surface area (Å²) in [5.41, 5.74) is 0.115. The second kappa shape index (κ2) is 8.51. The average molecular weight is 368 g/mol. The van der Waals surface area contributed by atoms with Crippen LogP contribution < -0.4 is 4.74 Å². The van der Waals surface area contributed by atoms with E-state index < -0.39 is 5.60 Å². The summed E-state index contributed by atoms with van der Waals surface area (Å²) < 4.78 is 11.0. The highest BCUT2D eigenvalue weighted by Gasteiger charge is 2.34. The van der Waals surface area contributed by atoms with Crippen LogP contribution in [0.5, 0.6) is 5.75 Å². The van der Waals surface area contributed by atoms with Gasteiger partial charge in [-0.25, -0.2) is 0 Å². The molecule has 1 aromatic carbocycles. The van der Waals surface area contributed by atoms with Gasteiger partial charge in [0.05, 0.1) is 6.61 Å². The number of carbonyl (C=O) groups is 1. The van der Waals surface area contributed by atoms with Crippen LogP contribution in [0.3, 0.4) is 0 Å². The quantitative estimate of drug-likeness (QED) is 0.700. The van der Waals surface area contributed by atoms with Crippen molar-refractivity contribution in [1.82, 2.24) is 4.90 Å². The zero-order valence-corrected chi connectivity index (χ0v) is 15.7. The van der Waals surface area contributed by atoms with Crippen LogP contribution in [-0.4, -0.2) is 36.7 Å². The third kappa shape index (κ3) is 5.23. The number of thiophene rings is 1. The van der Waals surface area contributed by atoms with Gasteiger partial charge in [0.25, 0.3) is 5.91 Å². The van der Waals surface area contributed by atoms with Crippen LogP contribution in [0.25, 0.3) is 0 Å². The summed E-state index contributed by atoms with van der Waals surface area (Å²) in [6, 6.07) is 9.02. The van der Waals surface area contributed by atoms with Gasteiger partial charge in [0.1, 0.15) is 5.75 Å². The number of ether oxygens (including phenoxy) is 2. The molecule has 1 heterocycles. The van der Waals surface area contributed by atoms with E-state index >= 15 is 0 Å². The van der Waals surface area contributed by atoms with E-state index in [2.05, 4.69) is 0 Å². The summed E-state index contributed by atoms with van der Waals surface area (Å²) in [6.07, 6.45) is 0. The van der Waals surface area contributed by atoms with E-state index in [1.165, 1.54) is 0 Å². The standard InChI is InChI=1S/C18H22ClNO3S/c1-18(2,23-16-6-4-15(19)5-7-16)17(21)20(9-10-22-3)12-14-8-11-24-13-14/h4-8,11,13H,9-10,12H2,1-3H3. The predicted octanol–water partition coefficient (Wildman–Crippen LogP) is 4.23. The van der Waals surface area contributed by atoms with Crippen LogP contribution in [0.4, 0.5) is 0 Å². The van der Waals surface area contributed by atoms with Crippen LogP contribution in [0.2, 0.25) is 5.02 Å². The predicted molar refractivity (Wildman–Crippen MR) is 97.8 cm³/mol. The maximum atomic E-state index is 13.0. The molecule has 4 nitrogen and oxygen atoms in total. The van der Waals surface area contributed by atoms with Crippen molar-refractivity contribution in [2.45, 2.75) is 26.0 Å². The smallest absolute Gasteiger partial charge is 0.266 e. The monoisotopic (exact) mass is 367 g/mol. The number of benzene rings is 1. The van der Waals surface area contributed by atoms with Gasteiger partial charge in [0.15, 0.2) is 5.60 Å². The molecule has 0 N–H and O–H groups in total. The fourth-order valence-electron chi connectivity index (χ4n) is 2.28. The van der Waals surface area contributed by atoms with Crippen molar-refractivity contribution in [3.05, 3.63) is 51.7 Å². The van der Waals surface area contributed by atoms with Crippen LogP contribution in [0.1, 0.15) is 19.4 Å². The van der Waals surface area contributed by atoms with Crippen LogP contribution in [0.15, 0.2) is 41.1 Å². The molecule has 0 radical (unpaired) electrons. The largest absolute Gasteiger partial charge is 0.478 e. The molecular formula is C18H22ClNO3S. The summed E-state index contributed by atoms with van der Waals surface area (Å²) in [7, 11) is 1.63. The fraction of sp³-hybridized carbons (Fsp3) is 0.389. The van der Waals surface area contributed by atoms with Crippen molar-refractivity contribution in [2.24, 2.45) is 0 Å². The van der Waals surface area contributed by atoms with Crippen LogP contribution in [0, 0.1) is 0 Å². The lowest BCUT2D eigenvalue weighted by atomic mass is 10.1. The number of rotatable bonds is 8. The first kappa shape index (κ1) is 18.8. The second-order valence-corrected chi connectivity index (χ2v) is 7.13. The zero-order valence-electron chi connectivity index (χ0n) is 14.1. The summed E-state index contributed by atoms with van der Waals surface area (Å²) >= 11 is 7.50. The Morgan fingerprint density at radius 1 is 1.25 bits per heavy atom. The molecule has 2 rings (SSSR count).